The number of rotatable bonds is 6. The molecular weight excluding hydrogens is 389 g/mol. The van der Waals surface area contributed by atoms with E-state index in [9.17, 15) is 13.2 Å². The number of halogens is 3. The average Bonchev–Trinajstić information content (AvgIpc) is 3.36. The van der Waals surface area contributed by atoms with Crippen LogP contribution in [0.2, 0.25) is 0 Å². The summed E-state index contributed by atoms with van der Waals surface area (Å²) in [6.45, 7) is 3.15. The Balaban J connectivity index is 1.60. The number of nitrogens with zero attached hydrogens (tertiary/aromatic N) is 4. The molecule has 148 valence electrons. The topological polar surface area (TPSA) is 67.1 Å². The summed E-state index contributed by atoms with van der Waals surface area (Å²) in [6, 6.07) is 9.67. The molecule has 0 aliphatic heterocycles. The molecule has 0 bridgehead atoms. The van der Waals surface area contributed by atoms with Gasteiger partial charge in [-0.3, -0.25) is 0 Å². The molecule has 3 rings (SSSR count). The van der Waals surface area contributed by atoms with E-state index in [4.69, 9.17) is 0 Å². The summed E-state index contributed by atoms with van der Waals surface area (Å²) in [6.07, 6.45) is -0.842. The Morgan fingerprint density at radius 2 is 2.00 bits per heavy atom. The lowest BCUT2D eigenvalue weighted by Gasteiger charge is -2.10. The van der Waals surface area contributed by atoms with E-state index in [1.807, 2.05) is 43.5 Å². The van der Waals surface area contributed by atoms with Gasteiger partial charge >= 0.3 is 6.18 Å². The molecule has 2 N–H and O–H groups in total. The molecular formula is C18H19F3N6S. The van der Waals surface area contributed by atoms with Crippen molar-refractivity contribution in [3.63, 3.8) is 0 Å². The maximum absolute atomic E-state index is 12.6. The molecule has 2 aromatic heterocycles. The minimum Gasteiger partial charge on any atom is -0.357 e. The van der Waals surface area contributed by atoms with Gasteiger partial charge in [-0.05, 0) is 30.7 Å². The zero-order valence-corrected chi connectivity index (χ0v) is 15.9. The number of aliphatic imine (C=N–C) groups is 1. The normalized spacial score (nSPS) is 12.2. The Morgan fingerprint density at radius 3 is 2.61 bits per heavy atom. The van der Waals surface area contributed by atoms with Crippen LogP contribution < -0.4 is 10.6 Å². The molecule has 0 spiro atoms. The van der Waals surface area contributed by atoms with Crippen LogP contribution in [-0.2, 0) is 19.3 Å². The Hall–Kier alpha value is -2.88. The van der Waals surface area contributed by atoms with Crippen molar-refractivity contribution in [2.75, 3.05) is 6.54 Å². The van der Waals surface area contributed by atoms with Gasteiger partial charge in [0.1, 0.15) is 5.01 Å². The van der Waals surface area contributed by atoms with Crippen LogP contribution in [0.4, 0.5) is 13.2 Å². The first kappa shape index (κ1) is 19.9. The molecule has 0 amide bonds. The zero-order valence-electron chi connectivity index (χ0n) is 15.1. The Kier molecular flexibility index (Phi) is 6.30. The highest BCUT2D eigenvalue weighted by Crippen LogP contribution is 2.29. The number of aromatic nitrogens is 3. The molecule has 0 aliphatic rings. The lowest BCUT2D eigenvalue weighted by molar-refractivity contribution is -0.140. The van der Waals surface area contributed by atoms with E-state index >= 15 is 0 Å². The summed E-state index contributed by atoms with van der Waals surface area (Å²) < 4.78 is 39.7. The van der Waals surface area contributed by atoms with Gasteiger partial charge in [-0.2, -0.15) is 18.3 Å². The molecule has 0 radical (unpaired) electrons. The van der Waals surface area contributed by atoms with Crippen molar-refractivity contribution in [2.45, 2.75) is 26.2 Å². The molecule has 6 nitrogen and oxygen atoms in total. The molecule has 2 heterocycles. The fourth-order valence-corrected chi connectivity index (χ4v) is 3.11. The van der Waals surface area contributed by atoms with Crippen LogP contribution in [0.15, 0.2) is 53.1 Å². The van der Waals surface area contributed by atoms with Gasteiger partial charge in [-0.25, -0.2) is 14.7 Å². The van der Waals surface area contributed by atoms with Gasteiger partial charge in [0.25, 0.3) is 0 Å². The summed E-state index contributed by atoms with van der Waals surface area (Å²) in [4.78, 5) is 8.08. The highest BCUT2D eigenvalue weighted by molar-refractivity contribution is 7.09. The minimum atomic E-state index is -4.42. The number of nitrogens with one attached hydrogen (secondary N) is 2. The van der Waals surface area contributed by atoms with Crippen LogP contribution in [0.1, 0.15) is 23.2 Å². The predicted molar refractivity (Wildman–Crippen MR) is 102 cm³/mol. The van der Waals surface area contributed by atoms with Gasteiger partial charge in [0.15, 0.2) is 11.7 Å². The SMILES string of the molecule is CCNC(=NCc1ccc(-n2cccn2)cc1)NCc1nc(C(F)(F)F)cs1. The van der Waals surface area contributed by atoms with Crippen molar-refractivity contribution in [1.82, 2.24) is 25.4 Å². The molecule has 1 aromatic carbocycles. The third kappa shape index (κ3) is 5.32. The Morgan fingerprint density at radius 1 is 1.21 bits per heavy atom. The van der Waals surface area contributed by atoms with E-state index in [1.54, 1.807) is 10.9 Å². The molecule has 10 heteroatoms. The Bertz CT molecular complexity index is 900. The van der Waals surface area contributed by atoms with Crippen molar-refractivity contribution < 1.29 is 13.2 Å². The fraction of sp³-hybridized carbons (Fsp3) is 0.278. The molecule has 0 atom stereocenters. The van der Waals surface area contributed by atoms with E-state index in [-0.39, 0.29) is 6.54 Å². The van der Waals surface area contributed by atoms with Gasteiger partial charge in [0, 0.05) is 24.3 Å². The highest BCUT2D eigenvalue weighted by atomic mass is 32.1. The Labute approximate surface area is 164 Å². The first-order valence-corrected chi connectivity index (χ1v) is 9.46. The quantitative estimate of drug-likeness (QED) is 0.483. The van der Waals surface area contributed by atoms with E-state index in [2.05, 4.69) is 25.7 Å². The van der Waals surface area contributed by atoms with E-state index < -0.39 is 11.9 Å². The smallest absolute Gasteiger partial charge is 0.357 e. The second kappa shape index (κ2) is 8.87. The lowest BCUT2D eigenvalue weighted by atomic mass is 10.2. The van der Waals surface area contributed by atoms with Crippen molar-refractivity contribution in [3.05, 3.63) is 64.4 Å². The lowest BCUT2D eigenvalue weighted by Crippen LogP contribution is -2.36. The fourth-order valence-electron chi connectivity index (χ4n) is 2.37. The molecule has 0 fully saturated rings. The van der Waals surface area contributed by atoms with E-state index in [1.165, 1.54) is 0 Å². The second-order valence-electron chi connectivity index (χ2n) is 5.79. The third-order valence-electron chi connectivity index (χ3n) is 3.72. The second-order valence-corrected chi connectivity index (χ2v) is 6.73. The van der Waals surface area contributed by atoms with Crippen LogP contribution in [0.25, 0.3) is 5.69 Å². The maximum Gasteiger partial charge on any atom is 0.434 e. The summed E-state index contributed by atoms with van der Waals surface area (Å²) in [5.41, 5.74) is 1.09. The van der Waals surface area contributed by atoms with E-state index in [0.717, 1.165) is 28.0 Å². The van der Waals surface area contributed by atoms with Crippen molar-refractivity contribution in [1.29, 1.82) is 0 Å². The predicted octanol–water partition coefficient (Wildman–Crippen LogP) is 3.60. The standard InChI is InChI=1S/C18H19F3N6S/c1-2-22-17(24-11-16-26-15(12-28-16)18(19,20)21)23-10-13-4-6-14(7-5-13)27-9-3-8-25-27/h3-9,12H,2,10-11H2,1H3,(H2,22,23,24). The van der Waals surface area contributed by atoms with Crippen molar-refractivity contribution >= 4 is 17.3 Å². The number of benzene rings is 1. The monoisotopic (exact) mass is 408 g/mol. The summed E-state index contributed by atoms with van der Waals surface area (Å²) >= 11 is 0.967. The average molecular weight is 408 g/mol. The van der Waals surface area contributed by atoms with Crippen LogP contribution in [-0.4, -0.2) is 27.3 Å². The highest BCUT2D eigenvalue weighted by Gasteiger charge is 2.33. The maximum atomic E-state index is 12.6. The van der Waals surface area contributed by atoms with Crippen LogP contribution in [0, 0.1) is 0 Å². The molecule has 0 aliphatic carbocycles. The van der Waals surface area contributed by atoms with Crippen LogP contribution in [0.3, 0.4) is 0 Å². The number of alkyl halides is 3. The zero-order chi connectivity index (χ0) is 20.0. The molecule has 0 saturated heterocycles. The third-order valence-corrected chi connectivity index (χ3v) is 4.57. The largest absolute Gasteiger partial charge is 0.434 e. The number of hydrogen-bond acceptors (Lipinski definition) is 4. The van der Waals surface area contributed by atoms with Crippen molar-refractivity contribution in [3.8, 4) is 5.69 Å². The first-order valence-electron chi connectivity index (χ1n) is 8.58. The summed E-state index contributed by atoms with van der Waals surface area (Å²) in [5.74, 6) is 0.516. The van der Waals surface area contributed by atoms with Gasteiger partial charge in [0.05, 0.1) is 18.8 Å². The van der Waals surface area contributed by atoms with Crippen LogP contribution in [0.5, 0.6) is 0 Å². The van der Waals surface area contributed by atoms with Crippen molar-refractivity contribution in [2.24, 2.45) is 4.99 Å². The number of hydrogen-bond donors (Lipinski definition) is 2. The molecule has 0 saturated carbocycles. The van der Waals surface area contributed by atoms with Gasteiger partial charge in [-0.1, -0.05) is 12.1 Å². The summed E-state index contributed by atoms with van der Waals surface area (Å²) in [5, 5.41) is 11.6. The first-order chi connectivity index (χ1) is 13.5. The van der Waals surface area contributed by atoms with Gasteiger partial charge < -0.3 is 10.6 Å². The molecule has 3 aromatic rings. The molecule has 0 unspecified atom stereocenters. The van der Waals surface area contributed by atoms with E-state index in [0.29, 0.717) is 24.1 Å². The number of guanidine groups is 1. The van der Waals surface area contributed by atoms with Gasteiger partial charge in [0.2, 0.25) is 0 Å². The minimum absolute atomic E-state index is 0.171. The summed E-state index contributed by atoms with van der Waals surface area (Å²) in [7, 11) is 0. The van der Waals surface area contributed by atoms with Gasteiger partial charge in [-0.15, -0.1) is 11.3 Å². The molecule has 28 heavy (non-hydrogen) atoms. The van der Waals surface area contributed by atoms with Crippen LogP contribution >= 0.6 is 11.3 Å². The number of thiazole rings is 1.